The van der Waals surface area contributed by atoms with Crippen LogP contribution in [0.2, 0.25) is 0 Å². The van der Waals surface area contributed by atoms with Gasteiger partial charge >= 0.3 is 6.18 Å². The third-order valence-electron chi connectivity index (χ3n) is 3.05. The van der Waals surface area contributed by atoms with Crippen molar-refractivity contribution in [3.05, 3.63) is 29.8 Å². The van der Waals surface area contributed by atoms with Crippen molar-refractivity contribution in [3.8, 4) is 0 Å². The molecule has 1 aromatic carbocycles. The van der Waals surface area contributed by atoms with Crippen LogP contribution in [0, 0.1) is 0 Å². The summed E-state index contributed by atoms with van der Waals surface area (Å²) in [7, 11) is -0.503. The molecule has 0 aromatic heterocycles. The zero-order chi connectivity index (χ0) is 18.5. The second-order valence-corrected chi connectivity index (χ2v) is 7.34. The number of hydrogen-bond donors (Lipinski definition) is 1. The van der Waals surface area contributed by atoms with Gasteiger partial charge in [-0.2, -0.15) is 13.2 Å². The predicted octanol–water partition coefficient (Wildman–Crippen LogP) is 1.15. The first kappa shape index (κ1) is 20.2. The lowest BCUT2D eigenvalue weighted by Crippen LogP contribution is -2.42. The quantitative estimate of drug-likeness (QED) is 0.785. The van der Waals surface area contributed by atoms with Gasteiger partial charge < -0.3 is 10.2 Å². The highest BCUT2D eigenvalue weighted by atomic mass is 32.2. The molecule has 0 aliphatic heterocycles. The number of rotatable bonds is 7. The molecule has 0 spiro atoms. The predicted molar refractivity (Wildman–Crippen MR) is 85.2 cm³/mol. The summed E-state index contributed by atoms with van der Waals surface area (Å²) < 4.78 is 63.6. The van der Waals surface area contributed by atoms with Gasteiger partial charge in [0.25, 0.3) is 0 Å². The van der Waals surface area contributed by atoms with Crippen LogP contribution in [0.5, 0.6) is 0 Å². The minimum absolute atomic E-state index is 0.254. The molecule has 1 N–H and O–H groups in total. The number of sulfonamides is 1. The molecule has 0 radical (unpaired) electrons. The summed E-state index contributed by atoms with van der Waals surface area (Å²) in [4.78, 5) is 13.7. The molecule has 1 rings (SSSR count). The van der Waals surface area contributed by atoms with Gasteiger partial charge in [0.1, 0.15) is 6.54 Å². The maximum atomic E-state index is 13.1. The van der Waals surface area contributed by atoms with E-state index in [0.717, 1.165) is 24.5 Å². The minimum atomic E-state index is -4.74. The zero-order valence-corrected chi connectivity index (χ0v) is 14.4. The van der Waals surface area contributed by atoms with Crippen molar-refractivity contribution in [1.29, 1.82) is 0 Å². The number of anilines is 1. The van der Waals surface area contributed by atoms with Gasteiger partial charge in [-0.05, 0) is 26.2 Å². The van der Waals surface area contributed by atoms with E-state index < -0.39 is 39.9 Å². The summed E-state index contributed by atoms with van der Waals surface area (Å²) in [6.07, 6.45) is -3.98. The van der Waals surface area contributed by atoms with Gasteiger partial charge in [-0.3, -0.25) is 9.10 Å². The van der Waals surface area contributed by atoms with E-state index in [4.69, 9.17) is 0 Å². The number of hydrogen-bond acceptors (Lipinski definition) is 4. The summed E-state index contributed by atoms with van der Waals surface area (Å²) in [6.45, 7) is 0.0491. The van der Waals surface area contributed by atoms with Gasteiger partial charge in [-0.25, -0.2) is 8.42 Å². The molecule has 0 fully saturated rings. The maximum Gasteiger partial charge on any atom is 0.418 e. The SMILES string of the molecule is CN(C)CCNC(=O)CN(c1ccccc1C(F)(F)F)S(C)(=O)=O. The highest BCUT2D eigenvalue weighted by molar-refractivity contribution is 7.92. The molecule has 0 bridgehead atoms. The van der Waals surface area contributed by atoms with E-state index >= 15 is 0 Å². The van der Waals surface area contributed by atoms with Crippen molar-refractivity contribution in [1.82, 2.24) is 10.2 Å². The lowest BCUT2D eigenvalue weighted by Gasteiger charge is -2.25. The molecule has 0 heterocycles. The van der Waals surface area contributed by atoms with Crippen molar-refractivity contribution in [2.75, 3.05) is 44.3 Å². The van der Waals surface area contributed by atoms with Crippen LogP contribution in [0.4, 0.5) is 18.9 Å². The fourth-order valence-electron chi connectivity index (χ4n) is 1.92. The number of carbonyl (C=O) groups is 1. The summed E-state index contributed by atoms with van der Waals surface area (Å²) in [5, 5.41) is 2.48. The highest BCUT2D eigenvalue weighted by Crippen LogP contribution is 2.37. The summed E-state index contributed by atoms with van der Waals surface area (Å²) in [5.74, 6) is -0.681. The number of alkyl halides is 3. The molecule has 0 aliphatic carbocycles. The van der Waals surface area contributed by atoms with Gasteiger partial charge in [0, 0.05) is 13.1 Å². The molecule has 1 amide bonds. The second-order valence-electron chi connectivity index (χ2n) is 5.44. The molecule has 0 saturated carbocycles. The van der Waals surface area contributed by atoms with Crippen molar-refractivity contribution in [2.45, 2.75) is 6.18 Å². The Hall–Kier alpha value is -1.81. The molecular weight excluding hydrogens is 347 g/mol. The number of benzene rings is 1. The lowest BCUT2D eigenvalue weighted by molar-refractivity contribution is -0.137. The Bertz CT molecular complexity index is 675. The Morgan fingerprint density at radius 3 is 2.29 bits per heavy atom. The Morgan fingerprint density at radius 1 is 1.21 bits per heavy atom. The lowest BCUT2D eigenvalue weighted by atomic mass is 10.1. The Balaban J connectivity index is 3.07. The van der Waals surface area contributed by atoms with Gasteiger partial charge in [-0.1, -0.05) is 12.1 Å². The van der Waals surface area contributed by atoms with Crippen LogP contribution in [0.15, 0.2) is 24.3 Å². The first-order valence-corrected chi connectivity index (χ1v) is 8.83. The van der Waals surface area contributed by atoms with Crippen molar-refractivity contribution < 1.29 is 26.4 Å². The van der Waals surface area contributed by atoms with E-state index in [1.54, 1.807) is 19.0 Å². The van der Waals surface area contributed by atoms with Crippen LogP contribution in [-0.2, 0) is 21.0 Å². The van der Waals surface area contributed by atoms with Crippen LogP contribution >= 0.6 is 0 Å². The molecule has 1 aromatic rings. The van der Waals surface area contributed by atoms with Crippen LogP contribution < -0.4 is 9.62 Å². The number of nitrogens with one attached hydrogen (secondary N) is 1. The van der Waals surface area contributed by atoms with E-state index in [1.165, 1.54) is 6.07 Å². The van der Waals surface area contributed by atoms with Crippen molar-refractivity contribution in [2.24, 2.45) is 0 Å². The summed E-state index contributed by atoms with van der Waals surface area (Å²) >= 11 is 0. The molecule has 0 atom stereocenters. The highest BCUT2D eigenvalue weighted by Gasteiger charge is 2.36. The molecule has 10 heteroatoms. The van der Waals surface area contributed by atoms with E-state index in [1.807, 2.05) is 0 Å². The molecule has 0 unspecified atom stereocenters. The van der Waals surface area contributed by atoms with Gasteiger partial charge in [0.2, 0.25) is 15.9 Å². The van der Waals surface area contributed by atoms with Gasteiger partial charge in [0.05, 0.1) is 17.5 Å². The summed E-state index contributed by atoms with van der Waals surface area (Å²) in [5.41, 5.74) is -1.69. The number of halogens is 3. The van der Waals surface area contributed by atoms with E-state index in [0.29, 0.717) is 10.8 Å². The average Bonchev–Trinajstić information content (AvgIpc) is 2.42. The number of para-hydroxylation sites is 1. The topological polar surface area (TPSA) is 69.7 Å². The van der Waals surface area contributed by atoms with Crippen molar-refractivity contribution in [3.63, 3.8) is 0 Å². The van der Waals surface area contributed by atoms with Crippen molar-refractivity contribution >= 4 is 21.6 Å². The van der Waals surface area contributed by atoms with Crippen LogP contribution in [0.25, 0.3) is 0 Å². The van der Waals surface area contributed by atoms with Gasteiger partial charge in [0.15, 0.2) is 0 Å². The maximum absolute atomic E-state index is 13.1. The van der Waals surface area contributed by atoms with Crippen LogP contribution in [0.1, 0.15) is 5.56 Å². The number of amides is 1. The molecular formula is C14H20F3N3O3S. The molecule has 6 nitrogen and oxygen atoms in total. The first-order valence-electron chi connectivity index (χ1n) is 6.98. The number of likely N-dealkylation sites (N-methyl/N-ethyl adjacent to an activating group) is 1. The molecule has 24 heavy (non-hydrogen) atoms. The summed E-state index contributed by atoms with van der Waals surface area (Å²) in [6, 6.07) is 4.24. The fraction of sp³-hybridized carbons (Fsp3) is 0.500. The number of carbonyl (C=O) groups excluding carboxylic acids is 1. The number of nitrogens with zero attached hydrogens (tertiary/aromatic N) is 2. The average molecular weight is 367 g/mol. The van der Waals surface area contributed by atoms with Gasteiger partial charge in [-0.15, -0.1) is 0 Å². The smallest absolute Gasteiger partial charge is 0.353 e. The Kier molecular flexibility index (Phi) is 6.61. The largest absolute Gasteiger partial charge is 0.418 e. The first-order chi connectivity index (χ1) is 10.9. The van der Waals surface area contributed by atoms with E-state index in [-0.39, 0.29) is 6.54 Å². The van der Waals surface area contributed by atoms with Crippen LogP contribution in [-0.4, -0.2) is 59.2 Å². The Labute approximate surface area is 139 Å². The second kappa shape index (κ2) is 7.84. The Morgan fingerprint density at radius 2 is 1.79 bits per heavy atom. The standard InChI is InChI=1S/C14H20F3N3O3S/c1-19(2)9-8-18-13(21)10-20(24(3,22)23)12-7-5-4-6-11(12)14(15,16)17/h4-7H,8-10H2,1-3H3,(H,18,21). The molecule has 0 aliphatic rings. The molecule has 0 saturated heterocycles. The monoisotopic (exact) mass is 367 g/mol. The molecule has 136 valence electrons. The fourth-order valence-corrected chi connectivity index (χ4v) is 2.79. The zero-order valence-electron chi connectivity index (χ0n) is 13.6. The van der Waals surface area contributed by atoms with E-state index in [9.17, 15) is 26.4 Å². The normalized spacial score (nSPS) is 12.3. The van der Waals surface area contributed by atoms with E-state index in [2.05, 4.69) is 5.32 Å². The van der Waals surface area contributed by atoms with Crippen LogP contribution in [0.3, 0.4) is 0 Å². The third-order valence-corrected chi connectivity index (χ3v) is 4.17. The minimum Gasteiger partial charge on any atom is -0.353 e. The third kappa shape index (κ3) is 6.00.